The van der Waals surface area contributed by atoms with Crippen molar-refractivity contribution in [2.75, 3.05) is 21.3 Å². The zero-order valence-corrected chi connectivity index (χ0v) is 25.8. The Morgan fingerprint density at radius 2 is 0.846 bits per heavy atom. The molecule has 0 fully saturated rings. The van der Waals surface area contributed by atoms with Crippen LogP contribution < -0.4 is 14.2 Å². The number of benzene rings is 3. The Labute approximate surface area is 235 Å². The maximum Gasteiger partial charge on any atom is 0.122 e. The molecule has 0 radical (unpaired) electrons. The predicted octanol–water partition coefficient (Wildman–Crippen LogP) is 8.09. The molecule has 39 heavy (non-hydrogen) atoms. The smallest absolute Gasteiger partial charge is 0.122 e. The molecular weight excluding hydrogens is 492 g/mol. The van der Waals surface area contributed by atoms with E-state index in [1.165, 1.54) is 0 Å². The summed E-state index contributed by atoms with van der Waals surface area (Å²) < 4.78 is 15.4. The first-order chi connectivity index (χ1) is 17.8. The molecular formula is C33H48O6. The van der Waals surface area contributed by atoms with Gasteiger partial charge in [-0.1, -0.05) is 62.3 Å². The van der Waals surface area contributed by atoms with Gasteiger partial charge in [0.1, 0.15) is 34.5 Å². The Kier molecular flexibility index (Phi) is 11.6. The molecule has 3 rings (SSSR count). The lowest BCUT2D eigenvalue weighted by Gasteiger charge is -2.21. The molecule has 0 amide bonds. The number of methoxy groups -OCH3 is 3. The molecule has 6 heteroatoms. The van der Waals surface area contributed by atoms with Crippen molar-refractivity contribution in [2.24, 2.45) is 0 Å². The van der Waals surface area contributed by atoms with Crippen LogP contribution >= 0.6 is 0 Å². The van der Waals surface area contributed by atoms with Crippen molar-refractivity contribution in [1.29, 1.82) is 0 Å². The second kappa shape index (κ2) is 13.5. The Morgan fingerprint density at radius 1 is 0.462 bits per heavy atom. The number of phenols is 3. The summed E-state index contributed by atoms with van der Waals surface area (Å²) in [4.78, 5) is 0. The third-order valence-corrected chi connectivity index (χ3v) is 6.01. The molecule has 6 nitrogen and oxygen atoms in total. The van der Waals surface area contributed by atoms with Crippen molar-refractivity contribution in [3.8, 4) is 34.5 Å². The van der Waals surface area contributed by atoms with Crippen molar-refractivity contribution in [2.45, 2.75) is 78.6 Å². The van der Waals surface area contributed by atoms with E-state index in [9.17, 15) is 15.3 Å². The van der Waals surface area contributed by atoms with Crippen molar-refractivity contribution < 1.29 is 29.5 Å². The van der Waals surface area contributed by atoms with E-state index >= 15 is 0 Å². The second-order valence-corrected chi connectivity index (χ2v) is 12.4. The van der Waals surface area contributed by atoms with E-state index in [0.717, 1.165) is 33.9 Å². The number of hydrogen-bond donors (Lipinski definition) is 3. The third-order valence-electron chi connectivity index (χ3n) is 6.01. The molecule has 0 atom stereocenters. The fourth-order valence-electron chi connectivity index (χ4n) is 3.77. The Morgan fingerprint density at radius 3 is 1.15 bits per heavy atom. The van der Waals surface area contributed by atoms with E-state index in [0.29, 0.717) is 11.5 Å². The molecule has 0 aliphatic heterocycles. The predicted molar refractivity (Wildman–Crippen MR) is 160 cm³/mol. The number of ether oxygens (including phenoxy) is 3. The van der Waals surface area contributed by atoms with E-state index < -0.39 is 0 Å². The SMILES string of the molecule is COc1ccc(O)c(C(C)(C)C)c1.COc1ccc(O)c(C(C)(C)C)c1.COc1ccc(O)cc1C(C)(C)C. The van der Waals surface area contributed by atoms with Crippen LogP contribution in [-0.2, 0) is 16.2 Å². The van der Waals surface area contributed by atoms with E-state index in [1.807, 2.05) is 12.1 Å². The van der Waals surface area contributed by atoms with E-state index in [2.05, 4.69) is 62.3 Å². The molecule has 0 unspecified atom stereocenters. The summed E-state index contributed by atoms with van der Waals surface area (Å²) in [7, 11) is 4.89. The average molecular weight is 541 g/mol. The van der Waals surface area contributed by atoms with Gasteiger partial charge in [0.05, 0.1) is 21.3 Å². The summed E-state index contributed by atoms with van der Waals surface area (Å²) in [6, 6.07) is 15.8. The van der Waals surface area contributed by atoms with Crippen LogP contribution in [0.3, 0.4) is 0 Å². The lowest BCUT2D eigenvalue weighted by atomic mass is 9.86. The number of rotatable bonds is 3. The van der Waals surface area contributed by atoms with Gasteiger partial charge in [0, 0.05) is 16.7 Å². The van der Waals surface area contributed by atoms with Crippen molar-refractivity contribution in [3.63, 3.8) is 0 Å². The average Bonchev–Trinajstić information content (AvgIpc) is 2.83. The first kappa shape index (κ1) is 33.5. The minimum Gasteiger partial charge on any atom is -0.508 e. The first-order valence-electron chi connectivity index (χ1n) is 13.0. The molecule has 0 aromatic heterocycles. The molecule has 3 aromatic rings. The van der Waals surface area contributed by atoms with Gasteiger partial charge in [-0.05, 0) is 70.8 Å². The third kappa shape index (κ3) is 10.3. The highest BCUT2D eigenvalue weighted by Crippen LogP contribution is 2.35. The molecule has 0 aliphatic rings. The van der Waals surface area contributed by atoms with Crippen molar-refractivity contribution in [1.82, 2.24) is 0 Å². The van der Waals surface area contributed by atoms with Crippen LogP contribution in [0.5, 0.6) is 34.5 Å². The van der Waals surface area contributed by atoms with Crippen LogP contribution in [0.1, 0.15) is 79.0 Å². The molecule has 0 aliphatic carbocycles. The molecule has 216 valence electrons. The van der Waals surface area contributed by atoms with E-state index in [-0.39, 0.29) is 22.0 Å². The second-order valence-electron chi connectivity index (χ2n) is 12.4. The highest BCUT2D eigenvalue weighted by atomic mass is 16.5. The Hall–Kier alpha value is -3.54. The van der Waals surface area contributed by atoms with Crippen LogP contribution in [-0.4, -0.2) is 36.6 Å². The van der Waals surface area contributed by atoms with Gasteiger partial charge >= 0.3 is 0 Å². The lowest BCUT2D eigenvalue weighted by molar-refractivity contribution is 0.394. The number of aromatic hydroxyl groups is 3. The summed E-state index contributed by atoms with van der Waals surface area (Å²) in [5.41, 5.74) is 2.72. The summed E-state index contributed by atoms with van der Waals surface area (Å²) in [5.74, 6) is 3.32. The van der Waals surface area contributed by atoms with Crippen molar-refractivity contribution >= 4 is 0 Å². The van der Waals surface area contributed by atoms with Crippen LogP contribution in [0.25, 0.3) is 0 Å². The minimum atomic E-state index is -0.0569. The van der Waals surface area contributed by atoms with Gasteiger partial charge in [-0.2, -0.15) is 0 Å². The molecule has 0 bridgehead atoms. The Bertz CT molecular complexity index is 1130. The fourth-order valence-corrected chi connectivity index (χ4v) is 3.77. The maximum atomic E-state index is 9.61. The summed E-state index contributed by atoms with van der Waals surface area (Å²) in [6.45, 7) is 18.6. The van der Waals surface area contributed by atoms with Crippen LogP contribution in [0.15, 0.2) is 54.6 Å². The Balaban J connectivity index is 0.000000292. The van der Waals surface area contributed by atoms with Crippen LogP contribution in [0.4, 0.5) is 0 Å². The number of phenolic OH excluding ortho intramolecular Hbond substituents is 3. The van der Waals surface area contributed by atoms with Gasteiger partial charge in [-0.15, -0.1) is 0 Å². The molecule has 0 saturated carbocycles. The topological polar surface area (TPSA) is 88.4 Å². The molecule has 3 N–H and O–H groups in total. The van der Waals surface area contributed by atoms with Gasteiger partial charge in [-0.3, -0.25) is 0 Å². The number of hydrogen-bond acceptors (Lipinski definition) is 6. The lowest BCUT2D eigenvalue weighted by Crippen LogP contribution is -2.12. The van der Waals surface area contributed by atoms with Gasteiger partial charge in [-0.25, -0.2) is 0 Å². The van der Waals surface area contributed by atoms with Gasteiger partial charge in [0.2, 0.25) is 0 Å². The monoisotopic (exact) mass is 540 g/mol. The quantitative estimate of drug-likeness (QED) is 0.311. The maximum absolute atomic E-state index is 9.61. The molecule has 0 heterocycles. The fraction of sp³-hybridized carbons (Fsp3) is 0.455. The summed E-state index contributed by atoms with van der Waals surface area (Å²) >= 11 is 0. The molecule has 0 saturated heterocycles. The standard InChI is InChI=1S/3C11H16O2/c2*1-11(2,3)9-7-8(13-4)5-6-10(9)12;1-11(2,3)9-7-8(12)5-6-10(9)13-4/h3*5-7,12H,1-4H3. The highest BCUT2D eigenvalue weighted by Gasteiger charge is 2.20. The largest absolute Gasteiger partial charge is 0.508 e. The van der Waals surface area contributed by atoms with E-state index in [1.54, 1.807) is 63.8 Å². The molecule has 3 aromatic carbocycles. The van der Waals surface area contributed by atoms with Gasteiger partial charge in [0.25, 0.3) is 0 Å². The minimum absolute atomic E-state index is 0.00984. The van der Waals surface area contributed by atoms with Crippen LogP contribution in [0.2, 0.25) is 0 Å². The van der Waals surface area contributed by atoms with Crippen LogP contribution in [0, 0.1) is 0 Å². The molecule has 0 spiro atoms. The van der Waals surface area contributed by atoms with Crippen molar-refractivity contribution in [3.05, 3.63) is 71.3 Å². The first-order valence-corrected chi connectivity index (χ1v) is 13.0. The summed E-state index contributed by atoms with van der Waals surface area (Å²) in [5, 5.41) is 28.6. The van der Waals surface area contributed by atoms with E-state index in [4.69, 9.17) is 14.2 Å². The summed E-state index contributed by atoms with van der Waals surface area (Å²) in [6.07, 6.45) is 0. The van der Waals surface area contributed by atoms with Gasteiger partial charge < -0.3 is 29.5 Å². The zero-order valence-electron chi connectivity index (χ0n) is 25.8. The zero-order chi connectivity index (χ0) is 30.2. The normalized spacial score (nSPS) is 11.4. The van der Waals surface area contributed by atoms with Gasteiger partial charge in [0.15, 0.2) is 0 Å². The highest BCUT2D eigenvalue weighted by molar-refractivity contribution is 5.45.